The largest absolute Gasteiger partial charge is 0.481 e. The molecule has 104 valence electrons. The van der Waals surface area contributed by atoms with E-state index < -0.39 is 5.97 Å². The van der Waals surface area contributed by atoms with Crippen molar-refractivity contribution in [1.29, 1.82) is 0 Å². The van der Waals surface area contributed by atoms with Crippen LogP contribution in [0.2, 0.25) is 0 Å². The minimum absolute atomic E-state index is 0.0386. The number of hydrogen-bond acceptors (Lipinski definition) is 3. The molecule has 0 spiro atoms. The number of nitrogens with zero attached hydrogens (tertiary/aromatic N) is 1. The molecule has 1 heterocycles. The summed E-state index contributed by atoms with van der Waals surface area (Å²) in [6, 6.07) is 3.26. The van der Waals surface area contributed by atoms with Crippen LogP contribution in [0, 0.1) is 11.8 Å². The molecule has 1 aromatic heterocycles. The number of aromatic nitrogens is 1. The number of hydrogen-bond donors (Lipinski definition) is 2. The molecular formula is C14H20N2O3. The predicted octanol–water partition coefficient (Wildman–Crippen LogP) is 1.95. The van der Waals surface area contributed by atoms with Crippen LogP contribution in [0.3, 0.4) is 0 Å². The summed E-state index contributed by atoms with van der Waals surface area (Å²) in [6.07, 6.45) is 3.97. The van der Waals surface area contributed by atoms with Crippen LogP contribution in [0.4, 0.5) is 0 Å². The Morgan fingerprint density at radius 1 is 1.32 bits per heavy atom. The van der Waals surface area contributed by atoms with Gasteiger partial charge in [-0.3, -0.25) is 14.6 Å². The fraction of sp³-hybridized carbons (Fsp3) is 0.500. The normalized spacial score (nSPS) is 12.2. The van der Waals surface area contributed by atoms with Gasteiger partial charge in [0.05, 0.1) is 0 Å². The van der Waals surface area contributed by atoms with E-state index >= 15 is 0 Å². The van der Waals surface area contributed by atoms with E-state index in [0.717, 1.165) is 6.42 Å². The highest BCUT2D eigenvalue weighted by Crippen LogP contribution is 2.14. The molecule has 0 saturated carbocycles. The molecule has 0 saturated heterocycles. The van der Waals surface area contributed by atoms with Crippen molar-refractivity contribution in [1.82, 2.24) is 10.3 Å². The summed E-state index contributed by atoms with van der Waals surface area (Å²) in [7, 11) is 0. The van der Waals surface area contributed by atoms with Gasteiger partial charge in [0.2, 0.25) is 0 Å². The van der Waals surface area contributed by atoms with E-state index in [2.05, 4.69) is 10.3 Å². The Labute approximate surface area is 113 Å². The molecule has 2 N–H and O–H groups in total. The van der Waals surface area contributed by atoms with Gasteiger partial charge in [0, 0.05) is 30.9 Å². The van der Waals surface area contributed by atoms with Crippen LogP contribution in [0.15, 0.2) is 24.5 Å². The highest BCUT2D eigenvalue weighted by atomic mass is 16.4. The summed E-state index contributed by atoms with van der Waals surface area (Å²) in [5.41, 5.74) is 0.536. The molecular weight excluding hydrogens is 244 g/mol. The first-order valence-electron chi connectivity index (χ1n) is 6.39. The maximum atomic E-state index is 11.8. The zero-order valence-corrected chi connectivity index (χ0v) is 11.3. The Morgan fingerprint density at radius 2 is 1.95 bits per heavy atom. The van der Waals surface area contributed by atoms with Gasteiger partial charge in [-0.05, 0) is 30.4 Å². The number of carbonyl (C=O) groups is 2. The number of rotatable bonds is 7. The van der Waals surface area contributed by atoms with E-state index in [0.29, 0.717) is 18.0 Å². The van der Waals surface area contributed by atoms with Gasteiger partial charge in [-0.15, -0.1) is 0 Å². The highest BCUT2D eigenvalue weighted by molar-refractivity contribution is 5.93. The van der Waals surface area contributed by atoms with Crippen molar-refractivity contribution < 1.29 is 14.7 Å². The van der Waals surface area contributed by atoms with Gasteiger partial charge in [-0.2, -0.15) is 0 Å². The third-order valence-corrected chi connectivity index (χ3v) is 2.76. The quantitative estimate of drug-likeness (QED) is 0.789. The van der Waals surface area contributed by atoms with E-state index in [-0.39, 0.29) is 18.2 Å². The van der Waals surface area contributed by atoms with Crippen LogP contribution >= 0.6 is 0 Å². The second-order valence-corrected chi connectivity index (χ2v) is 5.04. The summed E-state index contributed by atoms with van der Waals surface area (Å²) in [6.45, 7) is 4.46. The summed E-state index contributed by atoms with van der Waals surface area (Å²) < 4.78 is 0. The summed E-state index contributed by atoms with van der Waals surface area (Å²) in [5, 5.41) is 11.6. The molecule has 1 atom stereocenters. The van der Waals surface area contributed by atoms with Crippen molar-refractivity contribution in [3.05, 3.63) is 30.1 Å². The molecule has 0 fully saturated rings. The molecule has 5 nitrogen and oxygen atoms in total. The lowest BCUT2D eigenvalue weighted by Crippen LogP contribution is -2.31. The van der Waals surface area contributed by atoms with Crippen molar-refractivity contribution in [2.45, 2.75) is 26.7 Å². The third-order valence-electron chi connectivity index (χ3n) is 2.76. The van der Waals surface area contributed by atoms with Gasteiger partial charge in [0.15, 0.2) is 0 Å². The van der Waals surface area contributed by atoms with Crippen LogP contribution in [0.1, 0.15) is 37.0 Å². The summed E-state index contributed by atoms with van der Waals surface area (Å²) in [4.78, 5) is 26.5. The molecule has 1 amide bonds. The maximum absolute atomic E-state index is 11.8. The van der Waals surface area contributed by atoms with E-state index in [4.69, 9.17) is 5.11 Å². The third kappa shape index (κ3) is 5.99. The Bertz CT molecular complexity index is 418. The lowest BCUT2D eigenvalue weighted by Gasteiger charge is -2.17. The maximum Gasteiger partial charge on any atom is 0.303 e. The SMILES string of the molecule is CC(C)CC(CNC(=O)c1ccncc1)CC(=O)O. The number of carbonyl (C=O) groups excluding carboxylic acids is 1. The monoisotopic (exact) mass is 264 g/mol. The standard InChI is InChI=1S/C14H20N2O3/c1-10(2)7-11(8-13(17)18)9-16-14(19)12-3-5-15-6-4-12/h3-6,10-11H,7-9H2,1-2H3,(H,16,19)(H,17,18). The number of pyridine rings is 1. The van der Waals surface area contributed by atoms with E-state index in [1.807, 2.05) is 13.8 Å². The van der Waals surface area contributed by atoms with Crippen molar-refractivity contribution in [3.63, 3.8) is 0 Å². The van der Waals surface area contributed by atoms with Gasteiger partial charge in [0.1, 0.15) is 0 Å². The molecule has 0 radical (unpaired) electrons. The molecule has 0 aliphatic carbocycles. The smallest absolute Gasteiger partial charge is 0.303 e. The molecule has 0 aliphatic heterocycles. The number of amides is 1. The van der Waals surface area contributed by atoms with Gasteiger partial charge in [-0.25, -0.2) is 0 Å². The molecule has 1 unspecified atom stereocenters. The first-order valence-corrected chi connectivity index (χ1v) is 6.39. The first kappa shape index (κ1) is 15.1. The molecule has 5 heteroatoms. The van der Waals surface area contributed by atoms with Crippen molar-refractivity contribution in [2.75, 3.05) is 6.54 Å². The van der Waals surface area contributed by atoms with Gasteiger partial charge < -0.3 is 10.4 Å². The molecule has 0 aliphatic rings. The fourth-order valence-electron chi connectivity index (χ4n) is 1.99. The number of nitrogens with one attached hydrogen (secondary N) is 1. The lowest BCUT2D eigenvalue weighted by atomic mass is 9.94. The van der Waals surface area contributed by atoms with E-state index in [1.54, 1.807) is 24.5 Å². The zero-order chi connectivity index (χ0) is 14.3. The van der Waals surface area contributed by atoms with Crippen LogP contribution < -0.4 is 5.32 Å². The summed E-state index contributed by atoms with van der Waals surface area (Å²) in [5.74, 6) is -0.657. The first-order chi connectivity index (χ1) is 8.99. The second-order valence-electron chi connectivity index (χ2n) is 5.04. The molecule has 1 aromatic rings. The molecule has 0 aromatic carbocycles. The molecule has 19 heavy (non-hydrogen) atoms. The number of aliphatic carboxylic acids is 1. The van der Waals surface area contributed by atoms with Crippen LogP contribution in [-0.2, 0) is 4.79 Å². The van der Waals surface area contributed by atoms with Crippen LogP contribution in [-0.4, -0.2) is 28.5 Å². The van der Waals surface area contributed by atoms with Crippen molar-refractivity contribution >= 4 is 11.9 Å². The van der Waals surface area contributed by atoms with Crippen molar-refractivity contribution in [3.8, 4) is 0 Å². The lowest BCUT2D eigenvalue weighted by molar-refractivity contribution is -0.138. The fourth-order valence-corrected chi connectivity index (χ4v) is 1.99. The van der Waals surface area contributed by atoms with Crippen molar-refractivity contribution in [2.24, 2.45) is 11.8 Å². The Morgan fingerprint density at radius 3 is 2.47 bits per heavy atom. The van der Waals surface area contributed by atoms with E-state index in [1.165, 1.54) is 0 Å². The van der Waals surface area contributed by atoms with E-state index in [9.17, 15) is 9.59 Å². The molecule has 1 rings (SSSR count). The summed E-state index contributed by atoms with van der Waals surface area (Å²) >= 11 is 0. The zero-order valence-electron chi connectivity index (χ0n) is 11.3. The molecule has 0 bridgehead atoms. The van der Waals surface area contributed by atoms with Gasteiger partial charge in [-0.1, -0.05) is 13.8 Å². The Hall–Kier alpha value is -1.91. The minimum Gasteiger partial charge on any atom is -0.481 e. The topological polar surface area (TPSA) is 79.3 Å². The number of carboxylic acids is 1. The van der Waals surface area contributed by atoms with Gasteiger partial charge in [0.25, 0.3) is 5.91 Å². The Balaban J connectivity index is 2.51. The van der Waals surface area contributed by atoms with Crippen LogP contribution in [0.25, 0.3) is 0 Å². The van der Waals surface area contributed by atoms with Gasteiger partial charge >= 0.3 is 5.97 Å². The minimum atomic E-state index is -0.830. The van der Waals surface area contributed by atoms with Crippen LogP contribution in [0.5, 0.6) is 0 Å². The predicted molar refractivity (Wildman–Crippen MR) is 71.8 cm³/mol. The highest BCUT2D eigenvalue weighted by Gasteiger charge is 2.16. The average molecular weight is 264 g/mol. The number of carboxylic acid groups (broad SMARTS) is 1. The Kier molecular flexibility index (Phi) is 5.99. The average Bonchev–Trinajstić information content (AvgIpc) is 2.35. The second kappa shape index (κ2) is 7.51.